The van der Waals surface area contributed by atoms with Gasteiger partial charge in [0.2, 0.25) is 5.91 Å². The lowest BCUT2D eigenvalue weighted by Crippen LogP contribution is -2.73. The maximum atomic E-state index is 13.5. The lowest BCUT2D eigenvalue weighted by molar-refractivity contribution is -0.250. The highest BCUT2D eigenvalue weighted by Crippen LogP contribution is 2.46. The summed E-state index contributed by atoms with van der Waals surface area (Å²) in [5, 5.41) is 0. The van der Waals surface area contributed by atoms with Crippen molar-refractivity contribution in [3.63, 3.8) is 0 Å². The van der Waals surface area contributed by atoms with Crippen molar-refractivity contribution in [2.24, 2.45) is 16.9 Å². The zero-order valence-corrected chi connectivity index (χ0v) is 12.8. The van der Waals surface area contributed by atoms with Crippen LogP contribution in [0.4, 0.5) is 13.2 Å². The summed E-state index contributed by atoms with van der Waals surface area (Å²) in [6, 6.07) is 8.00. The first-order valence-electron chi connectivity index (χ1n) is 6.72. The second-order valence-electron chi connectivity index (χ2n) is 5.52. The molecule has 2 atom stereocenters. The van der Waals surface area contributed by atoms with Crippen LogP contribution < -0.4 is 11.5 Å². The van der Waals surface area contributed by atoms with Crippen LogP contribution in [0.3, 0.4) is 0 Å². The Morgan fingerprint density at radius 2 is 1.70 bits per heavy atom. The molecule has 0 heterocycles. The van der Waals surface area contributed by atoms with Crippen molar-refractivity contribution in [1.82, 2.24) is 0 Å². The molecule has 1 aromatic carbocycles. The summed E-state index contributed by atoms with van der Waals surface area (Å²) < 4.78 is 45.1. The van der Waals surface area contributed by atoms with Crippen LogP contribution in [0, 0.1) is 5.41 Å². The van der Waals surface area contributed by atoms with E-state index in [1.165, 1.54) is 0 Å². The van der Waals surface area contributed by atoms with Gasteiger partial charge < -0.3 is 16.2 Å². The van der Waals surface area contributed by atoms with Crippen molar-refractivity contribution in [3.8, 4) is 0 Å². The Kier molecular flexibility index (Phi) is 5.55. The summed E-state index contributed by atoms with van der Waals surface area (Å²) in [6.07, 6.45) is -5.42. The minimum absolute atomic E-state index is 0.426. The number of Topliss-reactive ketones (excluding diaryl/α,β-unsaturated/α-hetero) is 1. The van der Waals surface area contributed by atoms with Crippen LogP contribution >= 0.6 is 0 Å². The molecule has 5 nitrogen and oxygen atoms in total. The maximum Gasteiger partial charge on any atom is 0.399 e. The average Bonchev–Trinajstić information content (AvgIpc) is 2.45. The van der Waals surface area contributed by atoms with Crippen LogP contribution in [-0.4, -0.2) is 37.1 Å². The van der Waals surface area contributed by atoms with Crippen LogP contribution in [-0.2, 0) is 20.7 Å². The molecule has 0 saturated carbocycles. The van der Waals surface area contributed by atoms with E-state index in [-0.39, 0.29) is 0 Å². The first-order valence-corrected chi connectivity index (χ1v) is 6.72. The molecule has 0 aliphatic rings. The standard InChI is InChI=1S/C15H19F3N2O3/c1-13(9-23-2,15(16,17)18)14(20,12(19)22)11(21)8-10-6-4-3-5-7-10/h3-7H,8-9,20H2,1-2H3,(H2,19,22). The molecule has 4 N–H and O–H groups in total. The van der Waals surface area contributed by atoms with Crippen LogP contribution in [0.15, 0.2) is 30.3 Å². The third-order valence-electron chi connectivity index (χ3n) is 3.97. The lowest BCUT2D eigenvalue weighted by Gasteiger charge is -2.43. The first-order chi connectivity index (χ1) is 10.5. The molecule has 0 fully saturated rings. The maximum absolute atomic E-state index is 13.5. The molecule has 0 saturated heterocycles. The van der Waals surface area contributed by atoms with Crippen molar-refractivity contribution >= 4 is 11.7 Å². The molecule has 1 aromatic rings. The molecule has 0 aliphatic carbocycles. The molecule has 1 rings (SSSR count). The fraction of sp³-hybridized carbons (Fsp3) is 0.467. The molecule has 0 aliphatic heterocycles. The Labute approximate surface area is 131 Å². The first kappa shape index (κ1) is 19.1. The van der Waals surface area contributed by atoms with Gasteiger partial charge in [-0.15, -0.1) is 0 Å². The van der Waals surface area contributed by atoms with Gasteiger partial charge in [0, 0.05) is 13.5 Å². The van der Waals surface area contributed by atoms with Crippen molar-refractivity contribution in [1.29, 1.82) is 0 Å². The Bertz CT molecular complexity index is 577. The Morgan fingerprint density at radius 3 is 2.09 bits per heavy atom. The molecular formula is C15H19F3N2O3. The number of rotatable bonds is 7. The van der Waals surface area contributed by atoms with E-state index in [0.717, 1.165) is 7.11 Å². The molecule has 0 spiro atoms. The third kappa shape index (κ3) is 3.37. The van der Waals surface area contributed by atoms with Gasteiger partial charge in [-0.25, -0.2) is 0 Å². The SMILES string of the molecule is COCC(C)(C(F)(F)F)C(N)(C(N)=O)C(=O)Cc1ccccc1. The monoisotopic (exact) mass is 332 g/mol. The number of methoxy groups -OCH3 is 1. The van der Waals surface area contributed by atoms with E-state index in [1.807, 2.05) is 0 Å². The van der Waals surface area contributed by atoms with Gasteiger partial charge in [0.15, 0.2) is 11.3 Å². The van der Waals surface area contributed by atoms with E-state index in [2.05, 4.69) is 4.74 Å². The van der Waals surface area contributed by atoms with Crippen LogP contribution in [0.5, 0.6) is 0 Å². The fourth-order valence-corrected chi connectivity index (χ4v) is 2.35. The van der Waals surface area contributed by atoms with Crippen molar-refractivity contribution in [3.05, 3.63) is 35.9 Å². The quantitative estimate of drug-likeness (QED) is 0.733. The summed E-state index contributed by atoms with van der Waals surface area (Å²) in [5.74, 6) is -2.66. The lowest BCUT2D eigenvalue weighted by atomic mass is 9.67. The molecule has 0 aromatic heterocycles. The number of nitrogens with two attached hydrogens (primary N) is 2. The minimum Gasteiger partial charge on any atom is -0.384 e. The van der Waals surface area contributed by atoms with Crippen LogP contribution in [0.25, 0.3) is 0 Å². The molecule has 0 radical (unpaired) electrons. The van der Waals surface area contributed by atoms with E-state index in [0.29, 0.717) is 12.5 Å². The fourth-order valence-electron chi connectivity index (χ4n) is 2.35. The molecule has 23 heavy (non-hydrogen) atoms. The van der Waals surface area contributed by atoms with Gasteiger partial charge in [-0.3, -0.25) is 9.59 Å². The molecular weight excluding hydrogens is 313 g/mol. The van der Waals surface area contributed by atoms with Gasteiger partial charge in [-0.05, 0) is 12.5 Å². The zero-order chi connectivity index (χ0) is 17.9. The average molecular weight is 332 g/mol. The Balaban J connectivity index is 3.34. The predicted octanol–water partition coefficient (Wildman–Crippen LogP) is 1.20. The molecule has 2 unspecified atom stereocenters. The number of amides is 1. The summed E-state index contributed by atoms with van der Waals surface area (Å²) in [7, 11) is 1.02. The zero-order valence-electron chi connectivity index (χ0n) is 12.8. The molecule has 0 bridgehead atoms. The van der Waals surface area contributed by atoms with Gasteiger partial charge in [-0.2, -0.15) is 13.2 Å². The topological polar surface area (TPSA) is 95.4 Å². The number of ketones is 1. The number of carbonyl (C=O) groups excluding carboxylic acids is 2. The van der Waals surface area contributed by atoms with E-state index in [1.54, 1.807) is 30.3 Å². The summed E-state index contributed by atoms with van der Waals surface area (Å²) in [4.78, 5) is 24.2. The number of alkyl halides is 3. The van der Waals surface area contributed by atoms with E-state index in [9.17, 15) is 22.8 Å². The van der Waals surface area contributed by atoms with Crippen LogP contribution in [0.1, 0.15) is 12.5 Å². The van der Waals surface area contributed by atoms with Crippen molar-refractivity contribution in [2.75, 3.05) is 13.7 Å². The van der Waals surface area contributed by atoms with Gasteiger partial charge >= 0.3 is 6.18 Å². The number of primary amides is 1. The van der Waals surface area contributed by atoms with E-state index in [4.69, 9.17) is 11.5 Å². The number of carbonyl (C=O) groups is 2. The highest BCUT2D eigenvalue weighted by atomic mass is 19.4. The molecule has 8 heteroatoms. The Hall–Kier alpha value is -1.93. The van der Waals surface area contributed by atoms with E-state index >= 15 is 0 Å². The summed E-state index contributed by atoms with van der Waals surface area (Å²) in [5.41, 5.74) is 5.28. The summed E-state index contributed by atoms with van der Waals surface area (Å²) in [6.45, 7) is -0.319. The highest BCUT2D eigenvalue weighted by Gasteiger charge is 2.68. The minimum atomic E-state index is -4.97. The predicted molar refractivity (Wildman–Crippen MR) is 77.3 cm³/mol. The highest BCUT2D eigenvalue weighted by molar-refractivity contribution is 6.11. The van der Waals surface area contributed by atoms with Gasteiger partial charge in [0.25, 0.3) is 0 Å². The molecule has 1 amide bonds. The van der Waals surface area contributed by atoms with Gasteiger partial charge in [0.1, 0.15) is 5.41 Å². The summed E-state index contributed by atoms with van der Waals surface area (Å²) >= 11 is 0. The second kappa shape index (κ2) is 6.67. The smallest absolute Gasteiger partial charge is 0.384 e. The number of halogens is 3. The van der Waals surface area contributed by atoms with Crippen molar-refractivity contribution < 1.29 is 27.5 Å². The van der Waals surface area contributed by atoms with Crippen molar-refractivity contribution in [2.45, 2.75) is 25.1 Å². The third-order valence-corrected chi connectivity index (χ3v) is 3.97. The number of ether oxygens (including phenoxy) is 1. The Morgan fingerprint density at radius 1 is 1.17 bits per heavy atom. The number of benzene rings is 1. The van der Waals surface area contributed by atoms with Gasteiger partial charge in [-0.1, -0.05) is 30.3 Å². The normalized spacial score (nSPS) is 17.1. The molecule has 128 valence electrons. The number of hydrogen-bond acceptors (Lipinski definition) is 4. The largest absolute Gasteiger partial charge is 0.399 e. The van der Waals surface area contributed by atoms with Gasteiger partial charge in [0.05, 0.1) is 6.61 Å². The van der Waals surface area contributed by atoms with Crippen LogP contribution in [0.2, 0.25) is 0 Å². The second-order valence-corrected chi connectivity index (χ2v) is 5.52. The van der Waals surface area contributed by atoms with E-state index < -0.39 is 41.8 Å². The number of hydrogen-bond donors (Lipinski definition) is 2.